The molecule has 0 fully saturated rings. The molecule has 12 heavy (non-hydrogen) atoms. The SMILES string of the molecule is CC1=CC(=O)C(C=O)=C(C)C1=O. The Balaban J connectivity index is 3.25. The number of carbonyl (C=O) groups is 3. The van der Waals surface area contributed by atoms with Crippen molar-refractivity contribution < 1.29 is 14.4 Å². The van der Waals surface area contributed by atoms with Crippen molar-refractivity contribution in [3.63, 3.8) is 0 Å². The highest BCUT2D eigenvalue weighted by atomic mass is 16.1. The Morgan fingerprint density at radius 3 is 2.33 bits per heavy atom. The molecule has 0 aliphatic heterocycles. The maximum absolute atomic E-state index is 11.2. The summed E-state index contributed by atoms with van der Waals surface area (Å²) in [5, 5.41) is 0. The van der Waals surface area contributed by atoms with E-state index < -0.39 is 0 Å². The van der Waals surface area contributed by atoms with E-state index in [4.69, 9.17) is 0 Å². The first-order valence-electron chi connectivity index (χ1n) is 3.51. The molecule has 1 aliphatic carbocycles. The lowest BCUT2D eigenvalue weighted by Crippen LogP contribution is -2.17. The fourth-order valence-corrected chi connectivity index (χ4v) is 1.09. The Labute approximate surface area is 69.8 Å². The summed E-state index contributed by atoms with van der Waals surface area (Å²) in [6.07, 6.45) is 1.62. The van der Waals surface area contributed by atoms with Crippen LogP contribution < -0.4 is 0 Å². The second-order valence-electron chi connectivity index (χ2n) is 2.68. The minimum absolute atomic E-state index is 0.0226. The highest BCUT2D eigenvalue weighted by molar-refractivity contribution is 6.29. The highest BCUT2D eigenvalue weighted by Gasteiger charge is 2.22. The molecule has 3 nitrogen and oxygen atoms in total. The first kappa shape index (κ1) is 8.59. The van der Waals surface area contributed by atoms with Crippen molar-refractivity contribution >= 4 is 17.9 Å². The van der Waals surface area contributed by atoms with Gasteiger partial charge in [-0.3, -0.25) is 14.4 Å². The van der Waals surface area contributed by atoms with Gasteiger partial charge in [0.15, 0.2) is 17.9 Å². The molecule has 0 aromatic carbocycles. The second kappa shape index (κ2) is 2.85. The maximum Gasteiger partial charge on any atom is 0.189 e. The van der Waals surface area contributed by atoms with Gasteiger partial charge in [0.05, 0.1) is 5.57 Å². The minimum Gasteiger partial charge on any atom is -0.298 e. The van der Waals surface area contributed by atoms with Gasteiger partial charge >= 0.3 is 0 Å². The molecule has 1 rings (SSSR count). The van der Waals surface area contributed by atoms with Crippen molar-refractivity contribution in [2.45, 2.75) is 13.8 Å². The Hall–Kier alpha value is -1.51. The van der Waals surface area contributed by atoms with Crippen molar-refractivity contribution in [3.8, 4) is 0 Å². The van der Waals surface area contributed by atoms with Gasteiger partial charge in [0.25, 0.3) is 0 Å². The van der Waals surface area contributed by atoms with E-state index in [1.54, 1.807) is 6.92 Å². The van der Waals surface area contributed by atoms with E-state index in [0.717, 1.165) is 0 Å². The van der Waals surface area contributed by atoms with Crippen molar-refractivity contribution in [1.82, 2.24) is 0 Å². The highest BCUT2D eigenvalue weighted by Crippen LogP contribution is 2.16. The van der Waals surface area contributed by atoms with E-state index in [1.807, 2.05) is 0 Å². The van der Waals surface area contributed by atoms with Crippen molar-refractivity contribution in [2.24, 2.45) is 0 Å². The third kappa shape index (κ3) is 1.13. The number of hydrogen-bond acceptors (Lipinski definition) is 3. The van der Waals surface area contributed by atoms with Crippen molar-refractivity contribution in [3.05, 3.63) is 22.8 Å². The molecule has 0 amide bonds. The average molecular weight is 164 g/mol. The quantitative estimate of drug-likeness (QED) is 0.324. The van der Waals surface area contributed by atoms with E-state index in [-0.39, 0.29) is 22.7 Å². The second-order valence-corrected chi connectivity index (χ2v) is 2.68. The van der Waals surface area contributed by atoms with Crippen LogP contribution in [-0.2, 0) is 14.4 Å². The Morgan fingerprint density at radius 2 is 1.83 bits per heavy atom. The number of rotatable bonds is 1. The lowest BCUT2D eigenvalue weighted by molar-refractivity contribution is -0.117. The van der Waals surface area contributed by atoms with Crippen LogP contribution >= 0.6 is 0 Å². The lowest BCUT2D eigenvalue weighted by Gasteiger charge is -2.09. The molecule has 0 aromatic rings. The Kier molecular flexibility index (Phi) is 2.04. The zero-order chi connectivity index (χ0) is 9.30. The molecule has 62 valence electrons. The average Bonchev–Trinajstić information content (AvgIpc) is 2.01. The predicted molar refractivity (Wildman–Crippen MR) is 42.5 cm³/mol. The summed E-state index contributed by atoms with van der Waals surface area (Å²) >= 11 is 0. The normalized spacial score (nSPS) is 18.0. The molecule has 0 atom stereocenters. The minimum atomic E-state index is -0.375. The molecule has 0 bridgehead atoms. The third-order valence-corrected chi connectivity index (χ3v) is 1.83. The molecular formula is C9H8O3. The fraction of sp³-hybridized carbons (Fsp3) is 0.222. The van der Waals surface area contributed by atoms with Gasteiger partial charge in [0.1, 0.15) is 0 Å². The zero-order valence-electron chi connectivity index (χ0n) is 6.88. The van der Waals surface area contributed by atoms with E-state index in [9.17, 15) is 14.4 Å². The van der Waals surface area contributed by atoms with Crippen LogP contribution in [-0.4, -0.2) is 17.9 Å². The smallest absolute Gasteiger partial charge is 0.189 e. The van der Waals surface area contributed by atoms with Crippen LogP contribution in [0.3, 0.4) is 0 Å². The monoisotopic (exact) mass is 164 g/mol. The van der Waals surface area contributed by atoms with Gasteiger partial charge in [-0.25, -0.2) is 0 Å². The van der Waals surface area contributed by atoms with E-state index >= 15 is 0 Å². The van der Waals surface area contributed by atoms with Gasteiger partial charge in [-0.2, -0.15) is 0 Å². The number of Topliss-reactive ketones (excluding diaryl/α,β-unsaturated/α-hetero) is 1. The van der Waals surface area contributed by atoms with Crippen LogP contribution in [0.1, 0.15) is 13.8 Å². The van der Waals surface area contributed by atoms with Crippen LogP contribution in [0.5, 0.6) is 0 Å². The molecule has 3 heteroatoms. The molecule has 0 unspecified atom stereocenters. The first-order chi connectivity index (χ1) is 5.57. The zero-order valence-corrected chi connectivity index (χ0v) is 6.88. The van der Waals surface area contributed by atoms with Gasteiger partial charge in [0, 0.05) is 11.1 Å². The summed E-state index contributed by atoms with van der Waals surface area (Å²) < 4.78 is 0. The number of allylic oxidation sites excluding steroid dienone is 4. The maximum atomic E-state index is 11.2. The first-order valence-corrected chi connectivity index (χ1v) is 3.51. The van der Waals surface area contributed by atoms with E-state index in [0.29, 0.717) is 11.9 Å². The molecule has 0 radical (unpaired) electrons. The number of ketones is 2. The molecular weight excluding hydrogens is 156 g/mol. The van der Waals surface area contributed by atoms with Gasteiger partial charge < -0.3 is 0 Å². The lowest BCUT2D eigenvalue weighted by atomic mass is 9.92. The summed E-state index contributed by atoms with van der Waals surface area (Å²) in [5.41, 5.74) is 0.615. The third-order valence-electron chi connectivity index (χ3n) is 1.83. The molecule has 0 saturated carbocycles. The van der Waals surface area contributed by atoms with E-state index in [2.05, 4.69) is 0 Å². The standard InChI is InChI=1S/C9H8O3/c1-5-3-8(11)7(4-10)6(2)9(5)12/h3-4H,1-2H3. The van der Waals surface area contributed by atoms with Gasteiger partial charge in [-0.15, -0.1) is 0 Å². The topological polar surface area (TPSA) is 51.2 Å². The molecule has 1 aliphatic rings. The van der Waals surface area contributed by atoms with E-state index in [1.165, 1.54) is 13.0 Å². The van der Waals surface area contributed by atoms with Crippen LogP contribution in [0.2, 0.25) is 0 Å². The molecule has 0 saturated heterocycles. The number of carbonyl (C=O) groups excluding carboxylic acids is 3. The fourth-order valence-electron chi connectivity index (χ4n) is 1.09. The predicted octanol–water partition coefficient (Wildman–Crippen LogP) is 0.600. The van der Waals surface area contributed by atoms with Crippen LogP contribution in [0.15, 0.2) is 22.8 Å². The summed E-state index contributed by atoms with van der Waals surface area (Å²) in [6.45, 7) is 3.05. The van der Waals surface area contributed by atoms with Crippen LogP contribution in [0.25, 0.3) is 0 Å². The van der Waals surface area contributed by atoms with Gasteiger partial charge in [-0.1, -0.05) is 0 Å². The largest absolute Gasteiger partial charge is 0.298 e. The molecule has 0 heterocycles. The van der Waals surface area contributed by atoms with Crippen molar-refractivity contribution in [2.75, 3.05) is 0 Å². The van der Waals surface area contributed by atoms with Gasteiger partial charge in [-0.05, 0) is 19.9 Å². The number of aldehydes is 1. The number of hydrogen-bond donors (Lipinski definition) is 0. The van der Waals surface area contributed by atoms with Crippen LogP contribution in [0, 0.1) is 0 Å². The van der Waals surface area contributed by atoms with Crippen molar-refractivity contribution in [1.29, 1.82) is 0 Å². The summed E-state index contributed by atoms with van der Waals surface area (Å²) in [4.78, 5) is 32.6. The summed E-state index contributed by atoms with van der Waals surface area (Å²) in [5.74, 6) is -0.601. The molecule has 0 N–H and O–H groups in total. The van der Waals surface area contributed by atoms with Gasteiger partial charge in [0.2, 0.25) is 0 Å². The molecule has 0 aromatic heterocycles. The summed E-state index contributed by atoms with van der Waals surface area (Å²) in [6, 6.07) is 0. The molecule has 0 spiro atoms. The Morgan fingerprint density at radius 1 is 1.25 bits per heavy atom. The summed E-state index contributed by atoms with van der Waals surface area (Å²) in [7, 11) is 0. The Bertz CT molecular complexity index is 332. The van der Waals surface area contributed by atoms with Crippen LogP contribution in [0.4, 0.5) is 0 Å².